The van der Waals surface area contributed by atoms with Crippen LogP contribution in [-0.2, 0) is 0 Å². The van der Waals surface area contributed by atoms with E-state index in [-0.39, 0.29) is 0 Å². The second-order valence-electron chi connectivity index (χ2n) is 2.93. The molecule has 0 spiro atoms. The number of aromatic nitrogens is 2. The molecule has 0 aliphatic carbocycles. The third kappa shape index (κ3) is 1.88. The molecule has 0 aliphatic heterocycles. The summed E-state index contributed by atoms with van der Waals surface area (Å²) in [6, 6.07) is 5.99. The maximum absolute atomic E-state index is 12.9. The molecule has 4 heteroatoms. The quantitative estimate of drug-likeness (QED) is 0.553. The summed E-state index contributed by atoms with van der Waals surface area (Å²) in [5.74, 6) is -0.612. The summed E-state index contributed by atoms with van der Waals surface area (Å²) in [4.78, 5) is 18.3. The molecule has 0 saturated carbocycles. The zero-order valence-electron chi connectivity index (χ0n) is 7.72. The van der Waals surface area contributed by atoms with E-state index < -0.39 is 5.95 Å². The molecular formula is C11H7FN2O. The Hall–Kier alpha value is -2.10. The maximum atomic E-state index is 12.9. The van der Waals surface area contributed by atoms with Gasteiger partial charge >= 0.3 is 0 Å². The molecular weight excluding hydrogens is 195 g/mol. The van der Waals surface area contributed by atoms with E-state index >= 15 is 0 Å². The number of hydrogen-bond donors (Lipinski definition) is 0. The minimum Gasteiger partial charge on any atom is -0.298 e. The lowest BCUT2D eigenvalue weighted by Gasteiger charge is -2.02. The van der Waals surface area contributed by atoms with Gasteiger partial charge < -0.3 is 0 Å². The number of nitrogens with zero attached hydrogens (tertiary/aromatic N) is 2. The van der Waals surface area contributed by atoms with Crippen molar-refractivity contribution in [3.8, 4) is 11.3 Å². The lowest BCUT2D eigenvalue weighted by atomic mass is 10.1. The summed E-state index contributed by atoms with van der Waals surface area (Å²) in [5, 5.41) is 0. The third-order valence-electron chi connectivity index (χ3n) is 1.95. The van der Waals surface area contributed by atoms with Crippen LogP contribution in [0.15, 0.2) is 36.7 Å². The van der Waals surface area contributed by atoms with Crippen LogP contribution in [0.2, 0.25) is 0 Å². The highest BCUT2D eigenvalue weighted by molar-refractivity contribution is 5.85. The summed E-state index contributed by atoms with van der Waals surface area (Å²) in [6.45, 7) is 0. The Morgan fingerprint density at radius 1 is 1.27 bits per heavy atom. The number of pyridine rings is 2. The summed E-state index contributed by atoms with van der Waals surface area (Å²) >= 11 is 0. The zero-order valence-corrected chi connectivity index (χ0v) is 7.72. The average Bonchev–Trinajstić information content (AvgIpc) is 2.30. The molecule has 0 unspecified atom stereocenters. The van der Waals surface area contributed by atoms with E-state index in [4.69, 9.17) is 0 Å². The molecule has 2 aromatic rings. The standard InChI is InChI=1S/C11H7FN2O/c12-10-4-3-9(7-15)11(14-10)8-2-1-5-13-6-8/h1-7H. The molecule has 0 saturated heterocycles. The van der Waals surface area contributed by atoms with Crippen LogP contribution in [-0.4, -0.2) is 16.3 Å². The van der Waals surface area contributed by atoms with Gasteiger partial charge in [-0.1, -0.05) is 0 Å². The topological polar surface area (TPSA) is 42.9 Å². The average molecular weight is 202 g/mol. The molecule has 74 valence electrons. The molecule has 2 rings (SSSR count). The fourth-order valence-corrected chi connectivity index (χ4v) is 1.28. The van der Waals surface area contributed by atoms with Crippen LogP contribution in [0.1, 0.15) is 10.4 Å². The van der Waals surface area contributed by atoms with Gasteiger partial charge in [0.25, 0.3) is 0 Å². The van der Waals surface area contributed by atoms with Crippen LogP contribution in [0.4, 0.5) is 4.39 Å². The number of carbonyl (C=O) groups is 1. The van der Waals surface area contributed by atoms with Crippen molar-refractivity contribution < 1.29 is 9.18 Å². The highest BCUT2D eigenvalue weighted by Gasteiger charge is 2.07. The molecule has 2 aromatic heterocycles. The fourth-order valence-electron chi connectivity index (χ4n) is 1.28. The van der Waals surface area contributed by atoms with Crippen LogP contribution >= 0.6 is 0 Å². The lowest BCUT2D eigenvalue weighted by molar-refractivity contribution is 0.112. The minimum absolute atomic E-state index is 0.318. The fraction of sp³-hybridized carbons (Fsp3) is 0. The smallest absolute Gasteiger partial charge is 0.213 e. The minimum atomic E-state index is -0.612. The molecule has 0 aromatic carbocycles. The van der Waals surface area contributed by atoms with Crippen molar-refractivity contribution in [3.63, 3.8) is 0 Å². The predicted octanol–water partition coefficient (Wildman–Crippen LogP) is 2.10. The van der Waals surface area contributed by atoms with Crippen molar-refractivity contribution in [2.45, 2.75) is 0 Å². The van der Waals surface area contributed by atoms with Crippen LogP contribution in [0.25, 0.3) is 11.3 Å². The van der Waals surface area contributed by atoms with Gasteiger partial charge in [-0.3, -0.25) is 9.78 Å². The second-order valence-corrected chi connectivity index (χ2v) is 2.93. The molecule has 0 fully saturated rings. The summed E-state index contributed by atoms with van der Waals surface area (Å²) in [6.07, 6.45) is 3.78. The molecule has 0 radical (unpaired) electrons. The largest absolute Gasteiger partial charge is 0.298 e. The Balaban J connectivity index is 2.61. The Morgan fingerprint density at radius 3 is 2.80 bits per heavy atom. The van der Waals surface area contributed by atoms with Gasteiger partial charge in [-0.15, -0.1) is 0 Å². The van der Waals surface area contributed by atoms with Crippen LogP contribution in [0.3, 0.4) is 0 Å². The normalized spacial score (nSPS) is 9.93. The first-order chi connectivity index (χ1) is 7.31. The van der Waals surface area contributed by atoms with Crippen molar-refractivity contribution in [3.05, 3.63) is 48.2 Å². The highest BCUT2D eigenvalue weighted by atomic mass is 19.1. The van der Waals surface area contributed by atoms with E-state index in [0.717, 1.165) is 6.07 Å². The van der Waals surface area contributed by atoms with E-state index in [1.807, 2.05) is 0 Å². The van der Waals surface area contributed by atoms with E-state index in [1.54, 1.807) is 18.3 Å². The van der Waals surface area contributed by atoms with Gasteiger partial charge in [-0.25, -0.2) is 4.98 Å². The second kappa shape index (κ2) is 3.96. The molecule has 0 bridgehead atoms. The van der Waals surface area contributed by atoms with Crippen molar-refractivity contribution in [2.75, 3.05) is 0 Å². The van der Waals surface area contributed by atoms with Gasteiger partial charge in [0.15, 0.2) is 6.29 Å². The molecule has 0 atom stereocenters. The SMILES string of the molecule is O=Cc1ccc(F)nc1-c1cccnc1. The van der Waals surface area contributed by atoms with Gasteiger partial charge in [-0.05, 0) is 24.3 Å². The number of aldehydes is 1. The summed E-state index contributed by atoms with van der Waals surface area (Å²) in [5.41, 5.74) is 1.29. The third-order valence-corrected chi connectivity index (χ3v) is 1.95. The van der Waals surface area contributed by atoms with Crippen molar-refractivity contribution >= 4 is 6.29 Å². The number of hydrogen-bond acceptors (Lipinski definition) is 3. The summed E-state index contributed by atoms with van der Waals surface area (Å²) < 4.78 is 12.9. The first kappa shape index (κ1) is 9.45. The van der Waals surface area contributed by atoms with Gasteiger partial charge in [-0.2, -0.15) is 4.39 Å². The van der Waals surface area contributed by atoms with Gasteiger partial charge in [0.2, 0.25) is 5.95 Å². The van der Waals surface area contributed by atoms with Crippen molar-refractivity contribution in [2.24, 2.45) is 0 Å². The Morgan fingerprint density at radius 2 is 2.13 bits per heavy atom. The van der Waals surface area contributed by atoms with E-state index in [2.05, 4.69) is 9.97 Å². The summed E-state index contributed by atoms with van der Waals surface area (Å²) in [7, 11) is 0. The molecule has 0 aliphatic rings. The predicted molar refractivity (Wildman–Crippen MR) is 52.8 cm³/mol. The Kier molecular flexibility index (Phi) is 2.49. The molecule has 15 heavy (non-hydrogen) atoms. The molecule has 3 nitrogen and oxygen atoms in total. The molecule has 0 N–H and O–H groups in total. The van der Waals surface area contributed by atoms with Crippen molar-refractivity contribution in [1.82, 2.24) is 9.97 Å². The maximum Gasteiger partial charge on any atom is 0.213 e. The van der Waals surface area contributed by atoms with Gasteiger partial charge in [0, 0.05) is 23.5 Å². The highest BCUT2D eigenvalue weighted by Crippen LogP contribution is 2.19. The molecule has 2 heterocycles. The lowest BCUT2D eigenvalue weighted by Crippen LogP contribution is -1.94. The first-order valence-corrected chi connectivity index (χ1v) is 4.33. The number of rotatable bonds is 2. The monoisotopic (exact) mass is 202 g/mol. The Bertz CT molecular complexity index is 485. The number of carbonyl (C=O) groups excluding carboxylic acids is 1. The van der Waals surface area contributed by atoms with Crippen LogP contribution in [0.5, 0.6) is 0 Å². The van der Waals surface area contributed by atoms with E-state index in [1.165, 1.54) is 12.3 Å². The van der Waals surface area contributed by atoms with E-state index in [9.17, 15) is 9.18 Å². The molecule has 0 amide bonds. The van der Waals surface area contributed by atoms with Gasteiger partial charge in [0.1, 0.15) is 0 Å². The van der Waals surface area contributed by atoms with Crippen LogP contribution in [0, 0.1) is 5.95 Å². The van der Waals surface area contributed by atoms with Gasteiger partial charge in [0.05, 0.1) is 5.69 Å². The zero-order chi connectivity index (χ0) is 10.7. The first-order valence-electron chi connectivity index (χ1n) is 4.33. The number of halogens is 1. The van der Waals surface area contributed by atoms with E-state index in [0.29, 0.717) is 23.1 Å². The van der Waals surface area contributed by atoms with Crippen molar-refractivity contribution in [1.29, 1.82) is 0 Å². The Labute approximate surface area is 85.6 Å². The van der Waals surface area contributed by atoms with Crippen LogP contribution < -0.4 is 0 Å².